The smallest absolute Gasteiger partial charge is 0.124 e. The van der Waals surface area contributed by atoms with Crippen molar-refractivity contribution in [2.24, 2.45) is 0 Å². The first-order valence-electron chi connectivity index (χ1n) is 7.01. The highest BCUT2D eigenvalue weighted by Gasteiger charge is 2.20. The number of nitrogens with one attached hydrogen (secondary N) is 1. The third kappa shape index (κ3) is 3.99. The van der Waals surface area contributed by atoms with Crippen LogP contribution < -0.4 is 14.8 Å². The van der Waals surface area contributed by atoms with Crippen LogP contribution in [0.2, 0.25) is 0 Å². The molecule has 112 valence electrons. The third-order valence-corrected chi connectivity index (χ3v) is 5.38. The zero-order chi connectivity index (χ0) is 14.7. The van der Waals surface area contributed by atoms with E-state index in [9.17, 15) is 0 Å². The molecule has 21 heavy (non-hydrogen) atoms. The van der Waals surface area contributed by atoms with Crippen molar-refractivity contribution in [2.45, 2.75) is 32.0 Å². The lowest BCUT2D eigenvalue weighted by molar-refractivity contribution is 0.304. The minimum Gasteiger partial charge on any atom is -0.497 e. The summed E-state index contributed by atoms with van der Waals surface area (Å²) in [5, 5.41) is 5.59. The lowest BCUT2D eigenvalue weighted by atomic mass is 10.2. The Bertz CT molecular complexity index is 610. The van der Waals surface area contributed by atoms with E-state index in [0.717, 1.165) is 28.1 Å². The van der Waals surface area contributed by atoms with E-state index >= 15 is 0 Å². The number of thiophene rings is 1. The summed E-state index contributed by atoms with van der Waals surface area (Å²) in [5.41, 5.74) is 1.15. The number of methoxy groups -OCH3 is 1. The molecule has 1 aromatic carbocycles. The van der Waals surface area contributed by atoms with E-state index in [-0.39, 0.29) is 0 Å². The van der Waals surface area contributed by atoms with Gasteiger partial charge >= 0.3 is 0 Å². The minimum absolute atomic E-state index is 0.584. The number of ether oxygens (including phenoxy) is 2. The Morgan fingerprint density at radius 2 is 2.19 bits per heavy atom. The Labute approximate surface area is 137 Å². The molecule has 1 N–H and O–H groups in total. The number of halogens is 1. The van der Waals surface area contributed by atoms with Crippen molar-refractivity contribution >= 4 is 27.3 Å². The van der Waals surface area contributed by atoms with E-state index in [1.807, 2.05) is 24.3 Å². The molecule has 1 aliphatic rings. The summed E-state index contributed by atoms with van der Waals surface area (Å²) in [4.78, 5) is 1.20. The fraction of sp³-hybridized carbons (Fsp3) is 0.375. The second-order valence-electron chi connectivity index (χ2n) is 5.11. The first kappa shape index (κ1) is 14.9. The first-order valence-corrected chi connectivity index (χ1v) is 8.68. The van der Waals surface area contributed by atoms with Crippen molar-refractivity contribution in [3.63, 3.8) is 0 Å². The highest BCUT2D eigenvalue weighted by Crippen LogP contribution is 2.29. The number of hydrogen-bond acceptors (Lipinski definition) is 4. The van der Waals surface area contributed by atoms with Crippen molar-refractivity contribution in [3.8, 4) is 11.5 Å². The zero-order valence-corrected chi connectivity index (χ0v) is 14.3. The Balaban J connectivity index is 1.70. The predicted molar refractivity (Wildman–Crippen MR) is 89.2 cm³/mol. The molecule has 0 bridgehead atoms. The molecule has 0 spiro atoms. The molecule has 3 rings (SSSR count). The van der Waals surface area contributed by atoms with Crippen LogP contribution in [0.1, 0.15) is 23.3 Å². The van der Waals surface area contributed by atoms with E-state index < -0.39 is 0 Å². The quantitative estimate of drug-likeness (QED) is 0.788. The van der Waals surface area contributed by atoms with Gasteiger partial charge in [0.2, 0.25) is 0 Å². The molecule has 1 aliphatic carbocycles. The topological polar surface area (TPSA) is 30.5 Å². The Morgan fingerprint density at radius 3 is 2.86 bits per heavy atom. The standard InChI is InChI=1S/C16H18BrNO2S/c1-19-13-4-5-15(11(8-13)9-18-12-2-3-12)20-10-16-14(17)6-7-21-16/h4-8,12,18H,2-3,9-10H2,1H3. The van der Waals surface area contributed by atoms with Crippen LogP contribution in [0.4, 0.5) is 0 Å². The summed E-state index contributed by atoms with van der Waals surface area (Å²) in [7, 11) is 1.69. The van der Waals surface area contributed by atoms with E-state index in [4.69, 9.17) is 9.47 Å². The summed E-state index contributed by atoms with van der Waals surface area (Å²) in [5.74, 6) is 1.79. The van der Waals surface area contributed by atoms with E-state index in [1.54, 1.807) is 18.4 Å². The molecule has 0 atom stereocenters. The second-order valence-corrected chi connectivity index (χ2v) is 6.96. The second kappa shape index (κ2) is 6.81. The zero-order valence-electron chi connectivity index (χ0n) is 11.9. The van der Waals surface area contributed by atoms with Gasteiger partial charge < -0.3 is 14.8 Å². The maximum Gasteiger partial charge on any atom is 0.124 e. The SMILES string of the molecule is COc1ccc(OCc2sccc2Br)c(CNC2CC2)c1. The molecular formula is C16H18BrNO2S. The van der Waals surface area contributed by atoms with Crippen molar-refractivity contribution < 1.29 is 9.47 Å². The molecule has 2 aromatic rings. The molecule has 3 nitrogen and oxygen atoms in total. The Hall–Kier alpha value is -1.04. The molecule has 0 aliphatic heterocycles. The molecule has 1 fully saturated rings. The van der Waals surface area contributed by atoms with Gasteiger partial charge in [-0.15, -0.1) is 11.3 Å². The van der Waals surface area contributed by atoms with Crippen LogP contribution in [0.3, 0.4) is 0 Å². The van der Waals surface area contributed by atoms with Gasteiger partial charge in [-0.1, -0.05) is 0 Å². The molecule has 1 saturated carbocycles. The summed E-state index contributed by atoms with van der Waals surface area (Å²) in [6.45, 7) is 1.41. The van der Waals surface area contributed by atoms with Crippen LogP contribution in [0.15, 0.2) is 34.1 Å². The van der Waals surface area contributed by atoms with Crippen LogP contribution in [0, 0.1) is 0 Å². The highest BCUT2D eigenvalue weighted by atomic mass is 79.9. The largest absolute Gasteiger partial charge is 0.497 e. The van der Waals surface area contributed by atoms with Gasteiger partial charge in [0.05, 0.1) is 12.0 Å². The van der Waals surface area contributed by atoms with Crippen LogP contribution in [0.25, 0.3) is 0 Å². The van der Waals surface area contributed by atoms with Gasteiger partial charge in [0.15, 0.2) is 0 Å². The average Bonchev–Trinajstić information content (AvgIpc) is 3.25. The van der Waals surface area contributed by atoms with Crippen molar-refractivity contribution in [3.05, 3.63) is 44.6 Å². The normalized spacial score (nSPS) is 14.2. The maximum absolute atomic E-state index is 6.00. The molecule has 5 heteroatoms. The molecule has 0 saturated heterocycles. The Morgan fingerprint density at radius 1 is 1.33 bits per heavy atom. The van der Waals surface area contributed by atoms with E-state index in [1.165, 1.54) is 17.7 Å². The Kier molecular flexibility index (Phi) is 4.83. The van der Waals surface area contributed by atoms with Crippen molar-refractivity contribution in [2.75, 3.05) is 7.11 Å². The summed E-state index contributed by atoms with van der Waals surface area (Å²) >= 11 is 5.24. The monoisotopic (exact) mass is 367 g/mol. The van der Waals surface area contributed by atoms with Gasteiger partial charge in [-0.05, 0) is 58.4 Å². The van der Waals surface area contributed by atoms with Gasteiger partial charge in [-0.2, -0.15) is 0 Å². The molecule has 0 radical (unpaired) electrons. The van der Waals surface area contributed by atoms with E-state index in [0.29, 0.717) is 12.6 Å². The number of hydrogen-bond donors (Lipinski definition) is 1. The molecule has 0 amide bonds. The molecule has 1 heterocycles. The van der Waals surface area contributed by atoms with Gasteiger partial charge in [-0.25, -0.2) is 0 Å². The van der Waals surface area contributed by atoms with Crippen LogP contribution in [-0.2, 0) is 13.2 Å². The average molecular weight is 368 g/mol. The lowest BCUT2D eigenvalue weighted by Crippen LogP contribution is -2.16. The van der Waals surface area contributed by atoms with Crippen molar-refractivity contribution in [1.29, 1.82) is 0 Å². The fourth-order valence-electron chi connectivity index (χ4n) is 2.07. The summed E-state index contributed by atoms with van der Waals surface area (Å²) in [6, 6.07) is 8.71. The van der Waals surface area contributed by atoms with E-state index in [2.05, 4.69) is 26.6 Å². The van der Waals surface area contributed by atoms with Crippen LogP contribution in [-0.4, -0.2) is 13.2 Å². The molecule has 0 unspecified atom stereocenters. The predicted octanol–water partition coefficient (Wildman–Crippen LogP) is 4.35. The fourth-order valence-corrected chi connectivity index (χ4v) is 3.45. The summed E-state index contributed by atoms with van der Waals surface area (Å²) < 4.78 is 12.4. The van der Waals surface area contributed by atoms with Crippen LogP contribution >= 0.6 is 27.3 Å². The maximum atomic E-state index is 6.00. The molecular weight excluding hydrogens is 350 g/mol. The number of benzene rings is 1. The lowest BCUT2D eigenvalue weighted by Gasteiger charge is -2.13. The van der Waals surface area contributed by atoms with Gasteiger partial charge in [0.1, 0.15) is 18.1 Å². The van der Waals surface area contributed by atoms with Gasteiger partial charge in [0.25, 0.3) is 0 Å². The third-order valence-electron chi connectivity index (χ3n) is 3.48. The number of rotatable bonds is 7. The summed E-state index contributed by atoms with van der Waals surface area (Å²) in [6.07, 6.45) is 2.56. The first-order chi connectivity index (χ1) is 10.3. The van der Waals surface area contributed by atoms with Gasteiger partial charge in [-0.3, -0.25) is 0 Å². The highest BCUT2D eigenvalue weighted by molar-refractivity contribution is 9.10. The van der Waals surface area contributed by atoms with Gasteiger partial charge in [0, 0.05) is 22.6 Å². The molecule has 1 aromatic heterocycles. The minimum atomic E-state index is 0.584. The van der Waals surface area contributed by atoms with Crippen molar-refractivity contribution in [1.82, 2.24) is 5.32 Å². The van der Waals surface area contributed by atoms with Crippen LogP contribution in [0.5, 0.6) is 11.5 Å².